The van der Waals surface area contributed by atoms with Gasteiger partial charge >= 0.3 is 0 Å². The van der Waals surface area contributed by atoms with Gasteiger partial charge in [0.15, 0.2) is 0 Å². The summed E-state index contributed by atoms with van der Waals surface area (Å²) >= 11 is 5.53. The summed E-state index contributed by atoms with van der Waals surface area (Å²) in [5, 5.41) is 4.37. The lowest BCUT2D eigenvalue weighted by Gasteiger charge is -2.13. The van der Waals surface area contributed by atoms with Gasteiger partial charge in [-0.25, -0.2) is 0 Å². The molecular weight excluding hydrogens is 258 g/mol. The van der Waals surface area contributed by atoms with Crippen molar-refractivity contribution in [2.45, 2.75) is 24.6 Å². The molecule has 1 fully saturated rings. The molecule has 0 radical (unpaired) electrons. The van der Waals surface area contributed by atoms with Crippen molar-refractivity contribution in [3.05, 3.63) is 28.7 Å². The average molecular weight is 272 g/mol. The molecule has 14 heavy (non-hydrogen) atoms. The maximum absolute atomic E-state index is 3.56. The average Bonchev–Trinajstić information content (AvgIpc) is 2.51. The standard InChI is InChI=1S/C11H14BrNS/c1-8-5-11(7-14-8)13-10-4-2-3-9(12)6-10/h2-4,6,8,11,13H,5,7H2,1H3. The van der Waals surface area contributed by atoms with Gasteiger partial charge in [-0.3, -0.25) is 0 Å². The molecule has 1 saturated heterocycles. The first-order valence-electron chi connectivity index (χ1n) is 4.88. The second kappa shape index (κ2) is 4.58. The molecule has 1 nitrogen and oxygen atoms in total. The zero-order valence-corrected chi connectivity index (χ0v) is 10.6. The van der Waals surface area contributed by atoms with Gasteiger partial charge in [-0.15, -0.1) is 0 Å². The van der Waals surface area contributed by atoms with Crippen LogP contribution >= 0.6 is 27.7 Å². The largest absolute Gasteiger partial charge is 0.381 e. The van der Waals surface area contributed by atoms with Crippen molar-refractivity contribution < 1.29 is 0 Å². The number of anilines is 1. The van der Waals surface area contributed by atoms with Gasteiger partial charge in [-0.1, -0.05) is 28.9 Å². The summed E-state index contributed by atoms with van der Waals surface area (Å²) in [6.07, 6.45) is 1.27. The van der Waals surface area contributed by atoms with Gasteiger partial charge in [0.2, 0.25) is 0 Å². The van der Waals surface area contributed by atoms with Crippen LogP contribution in [0.5, 0.6) is 0 Å². The van der Waals surface area contributed by atoms with Gasteiger partial charge < -0.3 is 5.32 Å². The third-order valence-corrected chi connectivity index (χ3v) is 4.24. The summed E-state index contributed by atoms with van der Waals surface area (Å²) in [7, 11) is 0. The van der Waals surface area contributed by atoms with Crippen LogP contribution in [0.1, 0.15) is 13.3 Å². The Kier molecular flexibility index (Phi) is 3.39. The molecule has 1 aromatic carbocycles. The van der Waals surface area contributed by atoms with Gasteiger partial charge in [0.25, 0.3) is 0 Å². The minimum Gasteiger partial charge on any atom is -0.381 e. The molecule has 0 saturated carbocycles. The van der Waals surface area contributed by atoms with E-state index in [1.165, 1.54) is 17.9 Å². The van der Waals surface area contributed by atoms with Gasteiger partial charge in [0.05, 0.1) is 0 Å². The monoisotopic (exact) mass is 271 g/mol. The Balaban J connectivity index is 1.97. The highest BCUT2D eigenvalue weighted by molar-refractivity contribution is 9.10. The quantitative estimate of drug-likeness (QED) is 0.879. The van der Waals surface area contributed by atoms with Gasteiger partial charge in [-0.2, -0.15) is 11.8 Å². The first kappa shape index (κ1) is 10.4. The van der Waals surface area contributed by atoms with E-state index in [1.54, 1.807) is 0 Å². The number of halogens is 1. The summed E-state index contributed by atoms with van der Waals surface area (Å²) in [6.45, 7) is 2.30. The van der Waals surface area contributed by atoms with Crippen molar-refractivity contribution in [2.75, 3.05) is 11.1 Å². The fourth-order valence-corrected chi connectivity index (χ4v) is 3.28. The molecule has 2 unspecified atom stereocenters. The lowest BCUT2D eigenvalue weighted by Crippen LogP contribution is -2.18. The number of hydrogen-bond acceptors (Lipinski definition) is 2. The first-order valence-corrected chi connectivity index (χ1v) is 6.72. The Morgan fingerprint density at radius 1 is 1.50 bits per heavy atom. The van der Waals surface area contributed by atoms with Crippen LogP contribution in [0.25, 0.3) is 0 Å². The normalized spacial score (nSPS) is 26.4. The molecule has 0 aromatic heterocycles. The molecule has 3 heteroatoms. The zero-order valence-electron chi connectivity index (χ0n) is 8.16. The molecule has 1 aromatic rings. The van der Waals surface area contributed by atoms with Gasteiger partial charge in [0, 0.05) is 27.2 Å². The van der Waals surface area contributed by atoms with E-state index in [-0.39, 0.29) is 0 Å². The van der Waals surface area contributed by atoms with Crippen molar-refractivity contribution in [1.29, 1.82) is 0 Å². The predicted molar refractivity (Wildman–Crippen MR) is 68.1 cm³/mol. The van der Waals surface area contributed by atoms with Crippen LogP contribution in [-0.2, 0) is 0 Å². The number of thioether (sulfide) groups is 1. The molecule has 1 aliphatic rings. The Hall–Kier alpha value is -0.150. The number of hydrogen-bond donors (Lipinski definition) is 1. The number of benzene rings is 1. The van der Waals surface area contributed by atoms with E-state index in [0.29, 0.717) is 6.04 Å². The van der Waals surface area contributed by atoms with E-state index in [9.17, 15) is 0 Å². The second-order valence-corrected chi connectivity index (χ2v) is 6.12. The van der Waals surface area contributed by atoms with Crippen molar-refractivity contribution in [1.82, 2.24) is 0 Å². The van der Waals surface area contributed by atoms with Crippen LogP contribution in [0.4, 0.5) is 5.69 Å². The highest BCUT2D eigenvalue weighted by Crippen LogP contribution is 2.28. The molecule has 2 rings (SSSR count). The highest BCUT2D eigenvalue weighted by Gasteiger charge is 2.21. The molecule has 0 aliphatic carbocycles. The summed E-state index contributed by atoms with van der Waals surface area (Å²) in [5.41, 5.74) is 1.22. The summed E-state index contributed by atoms with van der Waals surface area (Å²) in [6, 6.07) is 9.02. The predicted octanol–water partition coefficient (Wildman–Crippen LogP) is 3.76. The summed E-state index contributed by atoms with van der Waals surface area (Å²) < 4.78 is 1.14. The van der Waals surface area contributed by atoms with Crippen LogP contribution < -0.4 is 5.32 Å². The Bertz CT molecular complexity index is 316. The van der Waals surface area contributed by atoms with E-state index in [2.05, 4.69) is 64.2 Å². The molecule has 0 amide bonds. The molecule has 1 N–H and O–H groups in total. The molecule has 1 aliphatic heterocycles. The van der Waals surface area contributed by atoms with Crippen LogP contribution in [0.15, 0.2) is 28.7 Å². The third kappa shape index (κ3) is 2.67. The first-order chi connectivity index (χ1) is 6.74. The minimum absolute atomic E-state index is 0.643. The highest BCUT2D eigenvalue weighted by atomic mass is 79.9. The summed E-state index contributed by atoms with van der Waals surface area (Å²) in [4.78, 5) is 0. The Labute approximate surface area is 97.8 Å². The maximum atomic E-state index is 3.56. The van der Waals surface area contributed by atoms with Gasteiger partial charge in [0.1, 0.15) is 0 Å². The van der Waals surface area contributed by atoms with Crippen LogP contribution in [-0.4, -0.2) is 17.0 Å². The van der Waals surface area contributed by atoms with E-state index in [4.69, 9.17) is 0 Å². The van der Waals surface area contributed by atoms with Crippen molar-refractivity contribution in [3.8, 4) is 0 Å². The van der Waals surface area contributed by atoms with Crippen LogP contribution in [0, 0.1) is 0 Å². The topological polar surface area (TPSA) is 12.0 Å². The van der Waals surface area contributed by atoms with Crippen molar-refractivity contribution in [2.24, 2.45) is 0 Å². The molecule has 1 heterocycles. The SMILES string of the molecule is CC1CC(Nc2cccc(Br)c2)CS1. The second-order valence-electron chi connectivity index (χ2n) is 3.73. The fourth-order valence-electron chi connectivity index (χ4n) is 1.73. The molecule has 2 atom stereocenters. The molecule has 0 spiro atoms. The van der Waals surface area contributed by atoms with E-state index in [0.717, 1.165) is 9.72 Å². The van der Waals surface area contributed by atoms with Gasteiger partial charge in [-0.05, 0) is 24.6 Å². The van der Waals surface area contributed by atoms with Crippen LogP contribution in [0.2, 0.25) is 0 Å². The van der Waals surface area contributed by atoms with E-state index in [1.807, 2.05) is 0 Å². The molecule has 76 valence electrons. The minimum atomic E-state index is 0.643. The maximum Gasteiger partial charge on any atom is 0.0362 e. The lowest BCUT2D eigenvalue weighted by molar-refractivity contribution is 0.747. The number of rotatable bonds is 2. The van der Waals surface area contributed by atoms with Crippen molar-refractivity contribution >= 4 is 33.4 Å². The Morgan fingerprint density at radius 3 is 3.00 bits per heavy atom. The smallest absolute Gasteiger partial charge is 0.0362 e. The van der Waals surface area contributed by atoms with E-state index >= 15 is 0 Å². The fraction of sp³-hybridized carbons (Fsp3) is 0.455. The molecular formula is C11H14BrNS. The van der Waals surface area contributed by atoms with E-state index < -0.39 is 0 Å². The summed E-state index contributed by atoms with van der Waals surface area (Å²) in [5.74, 6) is 1.23. The lowest BCUT2D eigenvalue weighted by atomic mass is 10.2. The van der Waals surface area contributed by atoms with Crippen molar-refractivity contribution in [3.63, 3.8) is 0 Å². The Morgan fingerprint density at radius 2 is 2.36 bits per heavy atom. The van der Waals surface area contributed by atoms with Crippen LogP contribution in [0.3, 0.4) is 0 Å². The molecule has 0 bridgehead atoms. The third-order valence-electron chi connectivity index (χ3n) is 2.39. The number of nitrogens with one attached hydrogen (secondary N) is 1. The zero-order chi connectivity index (χ0) is 9.97.